The molecule has 1 N–H and O–H groups in total. The molecule has 2 aromatic rings. The van der Waals surface area contributed by atoms with Gasteiger partial charge in [0.15, 0.2) is 23.8 Å². The Kier molecular flexibility index (Phi) is 5.49. The highest BCUT2D eigenvalue weighted by Gasteiger charge is 2.62. The molecular formula is C18H19IO5S2. The fourth-order valence-corrected chi connectivity index (χ4v) is 9.64. The van der Waals surface area contributed by atoms with Crippen LogP contribution in [0.5, 0.6) is 0 Å². The summed E-state index contributed by atoms with van der Waals surface area (Å²) in [6.45, 7) is 0. The lowest BCUT2D eigenvalue weighted by molar-refractivity contribution is 0.144. The number of rotatable bonds is 5. The Labute approximate surface area is 167 Å². The summed E-state index contributed by atoms with van der Waals surface area (Å²) < 4.78 is 52.4. The minimum Gasteiger partial charge on any atom is -0.393 e. The zero-order chi connectivity index (χ0) is 19.0. The predicted octanol–water partition coefficient (Wildman–Crippen LogP) is 2.84. The van der Waals surface area contributed by atoms with Crippen molar-refractivity contribution in [2.45, 2.75) is 32.8 Å². The Morgan fingerprint density at radius 1 is 0.846 bits per heavy atom. The monoisotopic (exact) mass is 506 g/mol. The van der Waals surface area contributed by atoms with Gasteiger partial charge < -0.3 is 5.11 Å². The molecule has 5 nitrogen and oxygen atoms in total. The van der Waals surface area contributed by atoms with Gasteiger partial charge in [0.05, 0.1) is 15.9 Å². The smallest absolute Gasteiger partial charge is 0.198 e. The largest absolute Gasteiger partial charge is 0.393 e. The van der Waals surface area contributed by atoms with Crippen molar-refractivity contribution in [1.29, 1.82) is 0 Å². The lowest BCUT2D eigenvalue weighted by Gasteiger charge is -2.29. The third-order valence-electron chi connectivity index (χ3n) is 4.92. The van der Waals surface area contributed by atoms with E-state index in [1.807, 2.05) is 0 Å². The van der Waals surface area contributed by atoms with E-state index in [2.05, 4.69) is 22.6 Å². The van der Waals surface area contributed by atoms with E-state index in [1.165, 1.54) is 24.3 Å². The van der Waals surface area contributed by atoms with Crippen molar-refractivity contribution in [3.8, 4) is 0 Å². The Hall–Kier alpha value is -0.970. The van der Waals surface area contributed by atoms with E-state index in [0.29, 0.717) is 4.43 Å². The average Bonchev–Trinajstić information content (AvgIpc) is 3.02. The van der Waals surface area contributed by atoms with Crippen molar-refractivity contribution < 1.29 is 21.9 Å². The molecule has 140 valence electrons. The van der Waals surface area contributed by atoms with Crippen LogP contribution in [-0.4, -0.2) is 36.6 Å². The van der Waals surface area contributed by atoms with Crippen LogP contribution in [0.3, 0.4) is 0 Å². The van der Waals surface area contributed by atoms with Crippen LogP contribution in [-0.2, 0) is 19.7 Å². The Morgan fingerprint density at radius 2 is 1.27 bits per heavy atom. The highest BCUT2D eigenvalue weighted by atomic mass is 127. The first-order valence-electron chi connectivity index (χ1n) is 8.10. The fourth-order valence-electron chi connectivity index (χ4n) is 3.47. The third kappa shape index (κ3) is 3.00. The van der Waals surface area contributed by atoms with Crippen LogP contribution < -0.4 is 0 Å². The molecule has 1 aliphatic carbocycles. The van der Waals surface area contributed by atoms with Gasteiger partial charge in [-0.15, -0.1) is 0 Å². The standard InChI is InChI=1S/C18H19IO5S2/c19-13-14-11-18(12-17(14)20,25(21,22)15-7-3-1-4-8-15)26(23,24)16-9-5-2-6-10-16/h1-10,14,17,20H,11-13H2/t14-,17-/m1/s1. The van der Waals surface area contributed by atoms with Gasteiger partial charge in [0.2, 0.25) is 0 Å². The number of aliphatic hydroxyl groups excluding tert-OH is 1. The number of hydrogen-bond donors (Lipinski definition) is 1. The van der Waals surface area contributed by atoms with Crippen LogP contribution in [0.1, 0.15) is 12.8 Å². The van der Waals surface area contributed by atoms with Crippen molar-refractivity contribution in [3.63, 3.8) is 0 Å². The molecule has 2 atom stereocenters. The molecule has 0 bridgehead atoms. The molecular weight excluding hydrogens is 487 g/mol. The Bertz CT molecular complexity index is 903. The van der Waals surface area contributed by atoms with E-state index in [0.717, 1.165) is 0 Å². The second-order valence-corrected chi connectivity index (χ2v) is 12.1. The summed E-state index contributed by atoms with van der Waals surface area (Å²) in [6.07, 6.45) is -1.43. The SMILES string of the molecule is O=S(=O)(c1ccccc1)C1(S(=O)(=O)c2ccccc2)C[C@H](CI)[C@H](O)C1. The maximum Gasteiger partial charge on any atom is 0.198 e. The number of halogens is 1. The highest BCUT2D eigenvalue weighted by Crippen LogP contribution is 2.49. The number of alkyl halides is 1. The van der Waals surface area contributed by atoms with Crippen molar-refractivity contribution in [1.82, 2.24) is 0 Å². The molecule has 0 unspecified atom stereocenters. The zero-order valence-corrected chi connectivity index (χ0v) is 17.6. The van der Waals surface area contributed by atoms with E-state index in [9.17, 15) is 21.9 Å². The van der Waals surface area contributed by atoms with Crippen molar-refractivity contribution in [2.75, 3.05) is 4.43 Å². The molecule has 8 heteroatoms. The van der Waals surface area contributed by atoms with Crippen molar-refractivity contribution in [2.24, 2.45) is 5.92 Å². The molecule has 0 radical (unpaired) electrons. The lowest BCUT2D eigenvalue weighted by atomic mass is 10.1. The van der Waals surface area contributed by atoms with Gasteiger partial charge in [-0.3, -0.25) is 0 Å². The van der Waals surface area contributed by atoms with E-state index >= 15 is 0 Å². The molecule has 1 aliphatic rings. The Morgan fingerprint density at radius 3 is 1.62 bits per heavy atom. The second-order valence-electron chi connectivity index (χ2n) is 6.43. The Balaban J connectivity index is 2.26. The number of benzene rings is 2. The quantitative estimate of drug-likeness (QED) is 0.498. The van der Waals surface area contributed by atoms with Crippen LogP contribution in [0.2, 0.25) is 0 Å². The number of hydrogen-bond acceptors (Lipinski definition) is 5. The van der Waals surface area contributed by atoms with Gasteiger partial charge in [-0.05, 0) is 36.6 Å². The van der Waals surface area contributed by atoms with Crippen LogP contribution in [0.4, 0.5) is 0 Å². The van der Waals surface area contributed by atoms with Crippen molar-refractivity contribution >= 4 is 42.3 Å². The molecule has 0 spiro atoms. The van der Waals surface area contributed by atoms with E-state index < -0.39 is 35.8 Å². The van der Waals surface area contributed by atoms with Gasteiger partial charge in [0, 0.05) is 10.8 Å². The molecule has 2 aromatic carbocycles. The highest BCUT2D eigenvalue weighted by molar-refractivity contribution is 14.1. The van der Waals surface area contributed by atoms with Crippen LogP contribution >= 0.6 is 22.6 Å². The first kappa shape index (κ1) is 19.8. The molecule has 1 fully saturated rings. The van der Waals surface area contributed by atoms with Crippen molar-refractivity contribution in [3.05, 3.63) is 60.7 Å². The second kappa shape index (κ2) is 7.21. The molecule has 3 rings (SSSR count). The molecule has 0 heterocycles. The zero-order valence-electron chi connectivity index (χ0n) is 13.8. The minimum atomic E-state index is -4.23. The normalized spacial score (nSPS) is 23.0. The van der Waals surface area contributed by atoms with E-state index in [1.54, 1.807) is 36.4 Å². The first-order valence-corrected chi connectivity index (χ1v) is 12.6. The molecule has 0 saturated heterocycles. The third-order valence-corrected chi connectivity index (χ3v) is 11.8. The fraction of sp³-hybridized carbons (Fsp3) is 0.333. The van der Waals surface area contributed by atoms with Gasteiger partial charge in [-0.1, -0.05) is 59.0 Å². The molecule has 1 saturated carbocycles. The van der Waals surface area contributed by atoms with Crippen LogP contribution in [0, 0.1) is 5.92 Å². The van der Waals surface area contributed by atoms with Crippen LogP contribution in [0.25, 0.3) is 0 Å². The first-order chi connectivity index (χ1) is 12.3. The van der Waals surface area contributed by atoms with Gasteiger partial charge in [0.25, 0.3) is 0 Å². The minimum absolute atomic E-state index is 0.0409. The lowest BCUT2D eigenvalue weighted by Crippen LogP contribution is -2.44. The predicted molar refractivity (Wildman–Crippen MR) is 108 cm³/mol. The summed E-state index contributed by atoms with van der Waals surface area (Å²) in [5.41, 5.74) is 0. The molecule has 0 amide bonds. The van der Waals surface area contributed by atoms with Gasteiger partial charge >= 0.3 is 0 Å². The molecule has 0 aromatic heterocycles. The van der Waals surface area contributed by atoms with Crippen LogP contribution in [0.15, 0.2) is 70.5 Å². The van der Waals surface area contributed by atoms with Gasteiger partial charge in [-0.25, -0.2) is 16.8 Å². The summed E-state index contributed by atoms with van der Waals surface area (Å²) >= 11 is 2.06. The maximum atomic E-state index is 13.5. The molecule has 0 aliphatic heterocycles. The topological polar surface area (TPSA) is 88.5 Å². The number of sulfone groups is 2. The summed E-state index contributed by atoms with van der Waals surface area (Å²) in [7, 11) is -8.47. The van der Waals surface area contributed by atoms with E-state index in [4.69, 9.17) is 0 Å². The van der Waals surface area contributed by atoms with Gasteiger partial charge in [-0.2, -0.15) is 0 Å². The summed E-state index contributed by atoms with van der Waals surface area (Å²) in [5, 5.41) is 10.4. The van der Waals surface area contributed by atoms with E-state index in [-0.39, 0.29) is 22.6 Å². The summed E-state index contributed by atoms with van der Waals surface area (Å²) in [5.74, 6) is -0.396. The van der Waals surface area contributed by atoms with Gasteiger partial charge in [0.1, 0.15) is 0 Å². The summed E-state index contributed by atoms with van der Waals surface area (Å²) in [4.78, 5) is -0.0818. The number of aliphatic hydroxyl groups is 1. The average molecular weight is 506 g/mol. The molecule has 26 heavy (non-hydrogen) atoms. The maximum absolute atomic E-state index is 13.5. The summed E-state index contributed by atoms with van der Waals surface area (Å²) in [6, 6.07) is 15.2.